The number of aromatic nitrogens is 1. The molecule has 0 saturated heterocycles. The van der Waals surface area contributed by atoms with Crippen molar-refractivity contribution in [3.8, 4) is 0 Å². The molecular formula is C17H21N3O2S. The van der Waals surface area contributed by atoms with Crippen LogP contribution in [0.15, 0.2) is 33.7 Å². The molecule has 1 N–H and O–H groups in total. The molecule has 5 nitrogen and oxygen atoms in total. The Kier molecular flexibility index (Phi) is 4.91. The van der Waals surface area contributed by atoms with Crippen molar-refractivity contribution in [2.45, 2.75) is 25.2 Å². The molecule has 1 aliphatic rings. The Balaban J connectivity index is 1.52. The van der Waals surface area contributed by atoms with E-state index in [0.29, 0.717) is 13.1 Å². The average Bonchev–Trinajstić information content (AvgIpc) is 2.87. The summed E-state index contributed by atoms with van der Waals surface area (Å²) in [5.74, 6) is 1.90. The molecule has 0 radical (unpaired) electrons. The molecule has 0 spiro atoms. The molecule has 0 bridgehead atoms. The van der Waals surface area contributed by atoms with Crippen LogP contribution < -0.4 is 10.2 Å². The molecule has 0 atom stereocenters. The van der Waals surface area contributed by atoms with Crippen LogP contribution in [-0.2, 0) is 11.2 Å². The van der Waals surface area contributed by atoms with Gasteiger partial charge in [0.05, 0.1) is 17.9 Å². The number of hydrogen-bond donors (Lipinski definition) is 1. The van der Waals surface area contributed by atoms with E-state index in [1.807, 2.05) is 37.7 Å². The summed E-state index contributed by atoms with van der Waals surface area (Å²) < 4.78 is 5.14. The van der Waals surface area contributed by atoms with Gasteiger partial charge in [-0.3, -0.25) is 4.79 Å². The summed E-state index contributed by atoms with van der Waals surface area (Å²) in [5, 5.41) is 6.93. The fraction of sp³-hybridized carbons (Fsp3) is 0.412. The zero-order chi connectivity index (χ0) is 16.2. The van der Waals surface area contributed by atoms with E-state index in [1.54, 1.807) is 0 Å². The molecule has 122 valence electrons. The molecule has 1 amide bonds. The number of amides is 1. The van der Waals surface area contributed by atoms with Gasteiger partial charge in [-0.1, -0.05) is 17.3 Å². The summed E-state index contributed by atoms with van der Waals surface area (Å²) in [4.78, 5) is 15.6. The third-order valence-corrected chi connectivity index (χ3v) is 5.08. The van der Waals surface area contributed by atoms with Gasteiger partial charge >= 0.3 is 0 Å². The number of anilines is 1. The van der Waals surface area contributed by atoms with Crippen LogP contribution in [0.1, 0.15) is 17.0 Å². The molecular weight excluding hydrogens is 310 g/mol. The number of fused-ring (bicyclic) bond motifs is 1. The van der Waals surface area contributed by atoms with Crippen molar-refractivity contribution in [2.75, 3.05) is 30.3 Å². The van der Waals surface area contributed by atoms with Gasteiger partial charge in [-0.25, -0.2) is 0 Å². The lowest BCUT2D eigenvalue weighted by Crippen LogP contribution is -2.40. The van der Waals surface area contributed by atoms with Crippen LogP contribution in [0.25, 0.3) is 0 Å². The van der Waals surface area contributed by atoms with E-state index < -0.39 is 0 Å². The van der Waals surface area contributed by atoms with Gasteiger partial charge in [-0.2, -0.15) is 0 Å². The monoisotopic (exact) mass is 331 g/mol. The minimum absolute atomic E-state index is 0.0541. The quantitative estimate of drug-likeness (QED) is 0.912. The predicted octanol–water partition coefficient (Wildman–Crippen LogP) is 2.56. The van der Waals surface area contributed by atoms with Gasteiger partial charge in [0.1, 0.15) is 5.76 Å². The van der Waals surface area contributed by atoms with Crippen molar-refractivity contribution in [2.24, 2.45) is 0 Å². The second kappa shape index (κ2) is 7.08. The highest BCUT2D eigenvalue weighted by Gasteiger charge is 2.19. The van der Waals surface area contributed by atoms with Crippen LogP contribution >= 0.6 is 11.8 Å². The number of nitrogens with zero attached hydrogens (tertiary/aromatic N) is 2. The number of para-hydroxylation sites is 1. The van der Waals surface area contributed by atoms with Crippen LogP contribution in [0.5, 0.6) is 0 Å². The van der Waals surface area contributed by atoms with Gasteiger partial charge in [0.25, 0.3) is 0 Å². The van der Waals surface area contributed by atoms with Crippen molar-refractivity contribution in [1.82, 2.24) is 10.5 Å². The minimum atomic E-state index is 0.0541. The van der Waals surface area contributed by atoms with Crippen molar-refractivity contribution >= 4 is 23.4 Å². The number of thioether (sulfide) groups is 1. The Morgan fingerprint density at radius 1 is 1.39 bits per heavy atom. The number of rotatable bonds is 5. The number of hydrogen-bond acceptors (Lipinski definition) is 5. The number of benzene rings is 1. The summed E-state index contributed by atoms with van der Waals surface area (Å²) in [6.07, 6.45) is 0.749. The van der Waals surface area contributed by atoms with Crippen LogP contribution in [0, 0.1) is 13.8 Å². The van der Waals surface area contributed by atoms with E-state index in [0.717, 1.165) is 41.4 Å². The molecule has 2 heterocycles. The molecule has 0 unspecified atom stereocenters. The van der Waals surface area contributed by atoms with Crippen LogP contribution in [0.2, 0.25) is 0 Å². The Hall–Kier alpha value is -1.95. The number of aryl methyl sites for hydroxylation is 2. The van der Waals surface area contributed by atoms with E-state index in [-0.39, 0.29) is 5.91 Å². The first-order chi connectivity index (χ1) is 11.1. The van der Waals surface area contributed by atoms with Crippen LogP contribution in [-0.4, -0.2) is 36.5 Å². The molecule has 1 aromatic carbocycles. The van der Waals surface area contributed by atoms with Gasteiger partial charge in [0.15, 0.2) is 0 Å². The van der Waals surface area contributed by atoms with E-state index in [4.69, 9.17) is 4.52 Å². The lowest BCUT2D eigenvalue weighted by Gasteiger charge is -2.30. The van der Waals surface area contributed by atoms with Gasteiger partial charge in [0, 0.05) is 29.3 Å². The van der Waals surface area contributed by atoms with E-state index in [1.165, 1.54) is 4.90 Å². The molecule has 3 rings (SSSR count). The van der Waals surface area contributed by atoms with Crippen LogP contribution in [0.3, 0.4) is 0 Å². The van der Waals surface area contributed by atoms with Gasteiger partial charge in [-0.05, 0) is 32.4 Å². The first kappa shape index (κ1) is 15.9. The standard InChI is InChI=1S/C17H21N3O2S/c1-12-14(13(2)22-19-12)7-8-18-17(21)11-20-9-10-23-16-6-4-3-5-15(16)20/h3-6H,7-11H2,1-2H3,(H,18,21). The summed E-state index contributed by atoms with van der Waals surface area (Å²) in [5.41, 5.74) is 3.15. The third-order valence-electron chi connectivity index (χ3n) is 4.04. The maximum atomic E-state index is 12.2. The molecule has 6 heteroatoms. The number of carbonyl (C=O) groups excluding carboxylic acids is 1. The van der Waals surface area contributed by atoms with Gasteiger partial charge < -0.3 is 14.7 Å². The molecule has 0 saturated carbocycles. The SMILES string of the molecule is Cc1noc(C)c1CCNC(=O)CN1CCSc2ccccc21. The van der Waals surface area contributed by atoms with Crippen molar-refractivity contribution in [1.29, 1.82) is 0 Å². The highest BCUT2D eigenvalue weighted by molar-refractivity contribution is 7.99. The Labute approximate surface area is 140 Å². The fourth-order valence-electron chi connectivity index (χ4n) is 2.81. The molecule has 23 heavy (non-hydrogen) atoms. The molecule has 1 aromatic heterocycles. The number of nitrogens with one attached hydrogen (secondary N) is 1. The van der Waals surface area contributed by atoms with E-state index in [2.05, 4.69) is 27.5 Å². The zero-order valence-electron chi connectivity index (χ0n) is 13.5. The topological polar surface area (TPSA) is 58.4 Å². The van der Waals surface area contributed by atoms with Crippen molar-refractivity contribution in [3.63, 3.8) is 0 Å². The first-order valence-electron chi connectivity index (χ1n) is 7.80. The van der Waals surface area contributed by atoms with E-state index in [9.17, 15) is 4.79 Å². The smallest absolute Gasteiger partial charge is 0.239 e. The second-order valence-electron chi connectivity index (χ2n) is 5.64. The molecule has 2 aromatic rings. The molecule has 1 aliphatic heterocycles. The largest absolute Gasteiger partial charge is 0.361 e. The zero-order valence-corrected chi connectivity index (χ0v) is 14.3. The van der Waals surface area contributed by atoms with Crippen molar-refractivity contribution < 1.29 is 9.32 Å². The highest BCUT2D eigenvalue weighted by atomic mass is 32.2. The Bertz CT molecular complexity index is 679. The summed E-state index contributed by atoms with van der Waals surface area (Å²) in [7, 11) is 0. The fourth-order valence-corrected chi connectivity index (χ4v) is 3.86. The normalized spacial score (nSPS) is 13.7. The van der Waals surface area contributed by atoms with Crippen LogP contribution in [0.4, 0.5) is 5.69 Å². The molecule has 0 fully saturated rings. The Morgan fingerprint density at radius 3 is 3.00 bits per heavy atom. The van der Waals surface area contributed by atoms with Crippen molar-refractivity contribution in [3.05, 3.63) is 41.3 Å². The maximum absolute atomic E-state index is 12.2. The lowest BCUT2D eigenvalue weighted by atomic mass is 10.1. The highest BCUT2D eigenvalue weighted by Crippen LogP contribution is 2.33. The molecule has 0 aliphatic carbocycles. The predicted molar refractivity (Wildman–Crippen MR) is 92.1 cm³/mol. The first-order valence-corrected chi connectivity index (χ1v) is 8.79. The third kappa shape index (κ3) is 3.69. The average molecular weight is 331 g/mol. The number of carbonyl (C=O) groups is 1. The van der Waals surface area contributed by atoms with E-state index >= 15 is 0 Å². The maximum Gasteiger partial charge on any atom is 0.239 e. The Morgan fingerprint density at radius 2 is 2.22 bits per heavy atom. The second-order valence-corrected chi connectivity index (χ2v) is 6.78. The minimum Gasteiger partial charge on any atom is -0.361 e. The summed E-state index contributed by atoms with van der Waals surface area (Å²) in [6, 6.07) is 8.26. The summed E-state index contributed by atoms with van der Waals surface area (Å²) >= 11 is 1.85. The van der Waals surface area contributed by atoms with Gasteiger partial charge in [0.2, 0.25) is 5.91 Å². The summed E-state index contributed by atoms with van der Waals surface area (Å²) in [6.45, 7) is 5.74. The lowest BCUT2D eigenvalue weighted by molar-refractivity contribution is -0.119. The van der Waals surface area contributed by atoms with Gasteiger partial charge in [-0.15, -0.1) is 11.8 Å².